The van der Waals surface area contributed by atoms with Crippen molar-refractivity contribution in [3.8, 4) is 0 Å². The minimum atomic E-state index is 0.00153. The number of nitrogens with one attached hydrogen (secondary N) is 1. The summed E-state index contributed by atoms with van der Waals surface area (Å²) in [6.45, 7) is 6.81. The molecule has 0 aromatic carbocycles. The van der Waals surface area contributed by atoms with E-state index in [-0.39, 0.29) is 5.91 Å². The van der Waals surface area contributed by atoms with E-state index in [0.29, 0.717) is 0 Å². The molecule has 0 saturated carbocycles. The molecule has 76 valence electrons. The van der Waals surface area contributed by atoms with Crippen LogP contribution in [0.4, 0.5) is 0 Å². The number of carbonyl (C=O) groups is 1. The van der Waals surface area contributed by atoms with Crippen molar-refractivity contribution in [1.29, 1.82) is 0 Å². The van der Waals surface area contributed by atoms with Crippen molar-refractivity contribution in [1.82, 2.24) is 10.2 Å². The second kappa shape index (κ2) is 7.80. The van der Waals surface area contributed by atoms with Gasteiger partial charge in [-0.15, -0.1) is 0 Å². The third-order valence-corrected chi connectivity index (χ3v) is 1.87. The summed E-state index contributed by atoms with van der Waals surface area (Å²) in [7, 11) is 2.08. The fourth-order valence-electron chi connectivity index (χ4n) is 0.929. The van der Waals surface area contributed by atoms with Crippen molar-refractivity contribution in [3.63, 3.8) is 0 Å². The summed E-state index contributed by atoms with van der Waals surface area (Å²) < 4.78 is 0. The van der Waals surface area contributed by atoms with Crippen LogP contribution in [0.5, 0.6) is 0 Å². The number of amides is 1. The Labute approximate surface area is 80.8 Å². The van der Waals surface area contributed by atoms with Crippen LogP contribution in [0.25, 0.3) is 0 Å². The smallest absolute Gasteiger partial charge is 0.243 e. The van der Waals surface area contributed by atoms with Crippen molar-refractivity contribution >= 4 is 5.91 Å². The first-order chi connectivity index (χ1) is 6.20. The Balaban J connectivity index is 3.30. The Hall–Kier alpha value is -0.830. The van der Waals surface area contributed by atoms with Crippen LogP contribution < -0.4 is 5.32 Å². The van der Waals surface area contributed by atoms with E-state index in [4.69, 9.17) is 0 Å². The zero-order valence-electron chi connectivity index (χ0n) is 8.84. The second-order valence-electron chi connectivity index (χ2n) is 3.04. The molecule has 0 spiro atoms. The van der Waals surface area contributed by atoms with Crippen molar-refractivity contribution in [2.45, 2.75) is 20.3 Å². The Morgan fingerprint density at radius 1 is 1.54 bits per heavy atom. The van der Waals surface area contributed by atoms with Gasteiger partial charge < -0.3 is 10.2 Å². The molecule has 1 amide bonds. The highest BCUT2D eigenvalue weighted by Gasteiger charge is 1.95. The molecule has 0 bridgehead atoms. The quantitative estimate of drug-likeness (QED) is 0.494. The lowest BCUT2D eigenvalue weighted by Crippen LogP contribution is -2.26. The van der Waals surface area contributed by atoms with Crippen LogP contribution in [0.15, 0.2) is 12.2 Å². The van der Waals surface area contributed by atoms with Crippen LogP contribution in [0.1, 0.15) is 20.3 Å². The Bertz CT molecular complexity index is 166. The van der Waals surface area contributed by atoms with Gasteiger partial charge in [0, 0.05) is 6.54 Å². The van der Waals surface area contributed by atoms with Gasteiger partial charge in [0.05, 0.1) is 0 Å². The van der Waals surface area contributed by atoms with Gasteiger partial charge in [0.2, 0.25) is 5.91 Å². The molecule has 1 N–H and O–H groups in total. The van der Waals surface area contributed by atoms with E-state index in [9.17, 15) is 4.79 Å². The molecule has 0 aliphatic carbocycles. The zero-order chi connectivity index (χ0) is 10.1. The van der Waals surface area contributed by atoms with Crippen LogP contribution >= 0.6 is 0 Å². The number of carbonyl (C=O) groups excluding carboxylic acids is 1. The molecule has 0 fully saturated rings. The van der Waals surface area contributed by atoms with E-state index in [0.717, 1.165) is 26.1 Å². The largest absolute Gasteiger partial charge is 0.353 e. The highest BCUT2D eigenvalue weighted by molar-refractivity contribution is 5.87. The summed E-state index contributed by atoms with van der Waals surface area (Å²) >= 11 is 0. The van der Waals surface area contributed by atoms with Gasteiger partial charge in [-0.05, 0) is 39.6 Å². The summed E-state index contributed by atoms with van der Waals surface area (Å²) in [5, 5.41) is 2.81. The van der Waals surface area contributed by atoms with Gasteiger partial charge >= 0.3 is 0 Å². The topological polar surface area (TPSA) is 32.3 Å². The summed E-state index contributed by atoms with van der Waals surface area (Å²) in [5.74, 6) is 0.00153. The zero-order valence-corrected chi connectivity index (χ0v) is 8.84. The lowest BCUT2D eigenvalue weighted by Gasteiger charge is -2.12. The van der Waals surface area contributed by atoms with Crippen LogP contribution in [0.2, 0.25) is 0 Å². The number of hydrogen-bond acceptors (Lipinski definition) is 2. The molecule has 0 heterocycles. The van der Waals surface area contributed by atoms with E-state index >= 15 is 0 Å². The van der Waals surface area contributed by atoms with Gasteiger partial charge in [0.25, 0.3) is 0 Å². The molecule has 0 unspecified atom stereocenters. The molecule has 0 aromatic rings. The predicted molar refractivity (Wildman–Crippen MR) is 55.6 cm³/mol. The molecular formula is C10H20N2O. The molecule has 0 atom stereocenters. The first-order valence-corrected chi connectivity index (χ1v) is 4.79. The van der Waals surface area contributed by atoms with Crippen LogP contribution in [-0.4, -0.2) is 37.5 Å². The standard InChI is InChI=1S/C10H20N2O/c1-4-7-10(13)11-8-6-9-12(3)5-2/h4,7H,5-6,8-9H2,1-3H3,(H,11,13)/b7-4+. The first kappa shape index (κ1) is 12.2. The van der Waals surface area contributed by atoms with Gasteiger partial charge in [0.15, 0.2) is 0 Å². The molecule has 3 nitrogen and oxygen atoms in total. The highest BCUT2D eigenvalue weighted by Crippen LogP contribution is 1.84. The van der Waals surface area contributed by atoms with Gasteiger partial charge in [-0.2, -0.15) is 0 Å². The van der Waals surface area contributed by atoms with Gasteiger partial charge in [-0.3, -0.25) is 4.79 Å². The maximum Gasteiger partial charge on any atom is 0.243 e. The number of rotatable bonds is 6. The molecule has 0 saturated heterocycles. The van der Waals surface area contributed by atoms with Crippen molar-refractivity contribution in [2.24, 2.45) is 0 Å². The van der Waals surface area contributed by atoms with Gasteiger partial charge in [-0.1, -0.05) is 13.0 Å². The molecule has 3 heteroatoms. The average molecular weight is 184 g/mol. The molecule has 0 aliphatic rings. The second-order valence-corrected chi connectivity index (χ2v) is 3.04. The normalized spacial score (nSPS) is 11.1. The first-order valence-electron chi connectivity index (χ1n) is 4.79. The van der Waals surface area contributed by atoms with E-state index < -0.39 is 0 Å². The van der Waals surface area contributed by atoms with Crippen LogP contribution in [0.3, 0.4) is 0 Å². The summed E-state index contributed by atoms with van der Waals surface area (Å²) in [6, 6.07) is 0. The minimum Gasteiger partial charge on any atom is -0.353 e. The SMILES string of the molecule is C/C=C/C(=O)NCCCN(C)CC. The average Bonchev–Trinajstić information content (AvgIpc) is 2.12. The highest BCUT2D eigenvalue weighted by atomic mass is 16.1. The molecule has 0 aliphatic heterocycles. The molecule has 13 heavy (non-hydrogen) atoms. The lowest BCUT2D eigenvalue weighted by molar-refractivity contribution is -0.116. The Morgan fingerprint density at radius 3 is 2.77 bits per heavy atom. The molecular weight excluding hydrogens is 164 g/mol. The predicted octanol–water partition coefficient (Wildman–Crippen LogP) is 1.02. The van der Waals surface area contributed by atoms with Gasteiger partial charge in [-0.25, -0.2) is 0 Å². The lowest BCUT2D eigenvalue weighted by atomic mass is 10.4. The third kappa shape index (κ3) is 7.53. The molecule has 0 aromatic heterocycles. The number of nitrogens with zero attached hydrogens (tertiary/aromatic N) is 1. The maximum absolute atomic E-state index is 10.9. The monoisotopic (exact) mass is 184 g/mol. The van der Waals surface area contributed by atoms with E-state index in [1.54, 1.807) is 12.2 Å². The minimum absolute atomic E-state index is 0.00153. The van der Waals surface area contributed by atoms with E-state index in [1.807, 2.05) is 6.92 Å². The Kier molecular flexibility index (Phi) is 7.30. The van der Waals surface area contributed by atoms with Crippen LogP contribution in [-0.2, 0) is 4.79 Å². The fourth-order valence-corrected chi connectivity index (χ4v) is 0.929. The van der Waals surface area contributed by atoms with Crippen molar-refractivity contribution in [2.75, 3.05) is 26.7 Å². The van der Waals surface area contributed by atoms with Crippen molar-refractivity contribution in [3.05, 3.63) is 12.2 Å². The van der Waals surface area contributed by atoms with Crippen LogP contribution in [0, 0.1) is 0 Å². The maximum atomic E-state index is 10.9. The summed E-state index contributed by atoms with van der Waals surface area (Å²) in [5.41, 5.74) is 0. The third-order valence-electron chi connectivity index (χ3n) is 1.87. The number of allylic oxidation sites excluding steroid dienone is 1. The molecule has 0 rings (SSSR count). The van der Waals surface area contributed by atoms with Crippen molar-refractivity contribution < 1.29 is 4.79 Å². The number of hydrogen-bond donors (Lipinski definition) is 1. The summed E-state index contributed by atoms with van der Waals surface area (Å²) in [6.07, 6.45) is 4.30. The fraction of sp³-hybridized carbons (Fsp3) is 0.700. The Morgan fingerprint density at radius 2 is 2.23 bits per heavy atom. The molecule has 0 radical (unpaired) electrons. The van der Waals surface area contributed by atoms with E-state index in [1.165, 1.54) is 0 Å². The van der Waals surface area contributed by atoms with Gasteiger partial charge in [0.1, 0.15) is 0 Å². The van der Waals surface area contributed by atoms with E-state index in [2.05, 4.69) is 24.2 Å². The summed E-state index contributed by atoms with van der Waals surface area (Å²) in [4.78, 5) is 13.2.